The summed E-state index contributed by atoms with van der Waals surface area (Å²) in [6.07, 6.45) is 1.54. The molecule has 0 saturated carbocycles. The molecule has 0 radical (unpaired) electrons. The molecule has 0 aliphatic carbocycles. The number of aromatic nitrogens is 2. The van der Waals surface area contributed by atoms with Crippen molar-refractivity contribution in [1.82, 2.24) is 14.9 Å². The Morgan fingerprint density at radius 1 is 1.23 bits per heavy atom. The number of sulfonamides is 1. The zero-order chi connectivity index (χ0) is 16.2. The molecule has 0 amide bonds. The van der Waals surface area contributed by atoms with Gasteiger partial charge in [0.15, 0.2) is 5.82 Å². The largest absolute Gasteiger partial charge is 0.338 e. The third-order valence-corrected chi connectivity index (χ3v) is 4.08. The Hall–Kier alpha value is -1.99. The maximum atomic E-state index is 12.2. The number of nitrogens with zero attached hydrogens (tertiary/aromatic N) is 2. The molecule has 1 heterocycles. The summed E-state index contributed by atoms with van der Waals surface area (Å²) in [5.74, 6) is 0.712. The number of aryl methyl sites for hydroxylation is 1. The molecule has 0 saturated heterocycles. The third-order valence-electron chi connectivity index (χ3n) is 3.01. The predicted octanol–water partition coefficient (Wildman–Crippen LogP) is 2.67. The topological polar surface area (TPSA) is 85.1 Å². The van der Waals surface area contributed by atoms with Gasteiger partial charge in [-0.15, -0.1) is 0 Å². The van der Waals surface area contributed by atoms with Crippen LogP contribution in [0.5, 0.6) is 0 Å². The lowest BCUT2D eigenvalue weighted by Crippen LogP contribution is -2.30. The van der Waals surface area contributed by atoms with Crippen LogP contribution >= 0.6 is 0 Å². The summed E-state index contributed by atoms with van der Waals surface area (Å²) in [6.45, 7) is 5.45. The quantitative estimate of drug-likeness (QED) is 0.884. The highest BCUT2D eigenvalue weighted by molar-refractivity contribution is 7.92. The van der Waals surface area contributed by atoms with Gasteiger partial charge in [0.2, 0.25) is 15.9 Å². The number of hydrogen-bond acceptors (Lipinski definition) is 5. The van der Waals surface area contributed by atoms with E-state index in [-0.39, 0.29) is 11.8 Å². The molecule has 0 spiro atoms. The van der Waals surface area contributed by atoms with Crippen LogP contribution in [-0.2, 0) is 10.0 Å². The van der Waals surface area contributed by atoms with Gasteiger partial charge < -0.3 is 4.52 Å². The Labute approximate surface area is 130 Å². The van der Waals surface area contributed by atoms with Crippen molar-refractivity contribution in [2.75, 3.05) is 0 Å². The molecule has 0 aliphatic heterocycles. The van der Waals surface area contributed by atoms with Crippen LogP contribution in [0.25, 0.3) is 6.08 Å². The predicted molar refractivity (Wildman–Crippen MR) is 84.1 cm³/mol. The molecule has 1 unspecified atom stereocenters. The molecule has 1 atom stereocenters. The van der Waals surface area contributed by atoms with Crippen LogP contribution < -0.4 is 4.72 Å². The molecular formula is C15H19N3O3S. The Kier molecular flexibility index (Phi) is 5.10. The van der Waals surface area contributed by atoms with E-state index >= 15 is 0 Å². The van der Waals surface area contributed by atoms with E-state index in [0.717, 1.165) is 11.0 Å². The van der Waals surface area contributed by atoms with E-state index in [9.17, 15) is 8.42 Å². The van der Waals surface area contributed by atoms with Gasteiger partial charge in [-0.3, -0.25) is 0 Å². The van der Waals surface area contributed by atoms with Crippen molar-refractivity contribution in [3.63, 3.8) is 0 Å². The first-order valence-corrected chi connectivity index (χ1v) is 8.48. The van der Waals surface area contributed by atoms with E-state index < -0.39 is 16.1 Å². The summed E-state index contributed by atoms with van der Waals surface area (Å²) in [4.78, 5) is 4.11. The highest BCUT2D eigenvalue weighted by Crippen LogP contribution is 2.21. The second-order valence-corrected chi connectivity index (χ2v) is 6.88. The lowest BCUT2D eigenvalue weighted by atomic mass is 10.1. The van der Waals surface area contributed by atoms with Gasteiger partial charge in [-0.2, -0.15) is 9.71 Å². The minimum Gasteiger partial charge on any atom is -0.338 e. The first-order valence-electron chi connectivity index (χ1n) is 6.93. The molecular weight excluding hydrogens is 302 g/mol. The van der Waals surface area contributed by atoms with Crippen LogP contribution in [0.15, 0.2) is 40.3 Å². The van der Waals surface area contributed by atoms with Gasteiger partial charge in [0, 0.05) is 5.41 Å². The molecule has 22 heavy (non-hydrogen) atoms. The molecule has 1 N–H and O–H groups in total. The minimum atomic E-state index is -3.62. The number of rotatable bonds is 6. The Bertz CT molecular complexity index is 736. The van der Waals surface area contributed by atoms with Gasteiger partial charge in [0.25, 0.3) is 0 Å². The van der Waals surface area contributed by atoms with Gasteiger partial charge in [-0.05, 0) is 24.5 Å². The smallest absolute Gasteiger partial charge is 0.245 e. The van der Waals surface area contributed by atoms with Crippen LogP contribution in [0.1, 0.15) is 37.2 Å². The summed E-state index contributed by atoms with van der Waals surface area (Å²) in [5, 5.41) is 4.84. The van der Waals surface area contributed by atoms with Gasteiger partial charge in [-0.1, -0.05) is 49.3 Å². The number of hydrogen-bond donors (Lipinski definition) is 1. The molecule has 0 aliphatic rings. The molecule has 0 bridgehead atoms. The van der Waals surface area contributed by atoms with Crippen molar-refractivity contribution in [2.24, 2.45) is 5.92 Å². The molecule has 2 aromatic rings. The molecule has 1 aromatic carbocycles. The SMILES string of the molecule is Cc1noc(C(NS(=O)(=O)C=Cc2ccccc2)C(C)C)n1. The number of benzene rings is 1. The summed E-state index contributed by atoms with van der Waals surface area (Å²) in [5.41, 5.74) is 0.808. The summed E-state index contributed by atoms with van der Waals surface area (Å²) in [7, 11) is -3.62. The summed E-state index contributed by atoms with van der Waals surface area (Å²) >= 11 is 0. The number of nitrogens with one attached hydrogen (secondary N) is 1. The van der Waals surface area contributed by atoms with Crippen molar-refractivity contribution in [3.05, 3.63) is 53.0 Å². The zero-order valence-corrected chi connectivity index (χ0v) is 13.5. The van der Waals surface area contributed by atoms with E-state index in [1.165, 1.54) is 0 Å². The van der Waals surface area contributed by atoms with Crippen molar-refractivity contribution >= 4 is 16.1 Å². The Morgan fingerprint density at radius 2 is 1.91 bits per heavy atom. The van der Waals surface area contributed by atoms with Gasteiger partial charge in [0.05, 0.1) is 0 Å². The standard InChI is InChI=1S/C15H19N3O3S/c1-11(2)14(15-16-12(3)17-21-15)18-22(19,20)10-9-13-7-5-4-6-8-13/h4-11,14,18H,1-3H3. The van der Waals surface area contributed by atoms with Crippen molar-refractivity contribution in [2.45, 2.75) is 26.8 Å². The summed E-state index contributed by atoms with van der Waals surface area (Å²) < 4.78 is 32.1. The highest BCUT2D eigenvalue weighted by atomic mass is 32.2. The molecule has 2 rings (SSSR count). The van der Waals surface area contributed by atoms with Gasteiger partial charge >= 0.3 is 0 Å². The van der Waals surface area contributed by atoms with Crippen LogP contribution in [-0.4, -0.2) is 18.6 Å². The van der Waals surface area contributed by atoms with E-state index in [1.54, 1.807) is 13.0 Å². The zero-order valence-electron chi connectivity index (χ0n) is 12.7. The van der Waals surface area contributed by atoms with E-state index in [1.807, 2.05) is 44.2 Å². The van der Waals surface area contributed by atoms with E-state index in [4.69, 9.17) is 4.52 Å². The average molecular weight is 321 g/mol. The van der Waals surface area contributed by atoms with Crippen LogP contribution in [0.2, 0.25) is 0 Å². The third kappa shape index (κ3) is 4.51. The normalized spacial score (nSPS) is 13.8. The van der Waals surface area contributed by atoms with Crippen molar-refractivity contribution in [1.29, 1.82) is 0 Å². The minimum absolute atomic E-state index is 0.0280. The Morgan fingerprint density at radius 3 is 2.45 bits per heavy atom. The van der Waals surface area contributed by atoms with Crippen LogP contribution in [0, 0.1) is 12.8 Å². The van der Waals surface area contributed by atoms with Crippen molar-refractivity contribution in [3.8, 4) is 0 Å². The average Bonchev–Trinajstić information content (AvgIpc) is 2.90. The second-order valence-electron chi connectivity index (χ2n) is 5.28. The first kappa shape index (κ1) is 16.4. The first-order chi connectivity index (χ1) is 10.4. The fourth-order valence-electron chi connectivity index (χ4n) is 1.86. The molecule has 7 heteroatoms. The van der Waals surface area contributed by atoms with E-state index in [0.29, 0.717) is 5.82 Å². The van der Waals surface area contributed by atoms with Gasteiger partial charge in [-0.25, -0.2) is 8.42 Å². The molecule has 0 fully saturated rings. The van der Waals surface area contributed by atoms with Gasteiger partial charge in [0.1, 0.15) is 6.04 Å². The fourth-order valence-corrected chi connectivity index (χ4v) is 3.00. The van der Waals surface area contributed by atoms with Crippen LogP contribution in [0.4, 0.5) is 0 Å². The molecule has 1 aromatic heterocycles. The second kappa shape index (κ2) is 6.85. The maximum absolute atomic E-state index is 12.2. The summed E-state index contributed by atoms with van der Waals surface area (Å²) in [6, 6.07) is 8.65. The van der Waals surface area contributed by atoms with E-state index in [2.05, 4.69) is 14.9 Å². The molecule has 118 valence electrons. The molecule has 6 nitrogen and oxygen atoms in total. The monoisotopic (exact) mass is 321 g/mol. The highest BCUT2D eigenvalue weighted by Gasteiger charge is 2.25. The maximum Gasteiger partial charge on any atom is 0.245 e. The fraction of sp³-hybridized carbons (Fsp3) is 0.333. The van der Waals surface area contributed by atoms with Crippen LogP contribution in [0.3, 0.4) is 0 Å². The Balaban J connectivity index is 2.16. The lowest BCUT2D eigenvalue weighted by Gasteiger charge is -2.17. The lowest BCUT2D eigenvalue weighted by molar-refractivity contribution is 0.310. The van der Waals surface area contributed by atoms with Crippen molar-refractivity contribution < 1.29 is 12.9 Å².